The van der Waals surface area contributed by atoms with Crippen molar-refractivity contribution in [3.63, 3.8) is 0 Å². The quantitative estimate of drug-likeness (QED) is 0.893. The second kappa shape index (κ2) is 6.16. The van der Waals surface area contributed by atoms with Crippen LogP contribution in [0.5, 0.6) is 0 Å². The maximum atomic E-state index is 12.0. The second-order valence-electron chi connectivity index (χ2n) is 3.93. The zero-order valence-corrected chi connectivity index (χ0v) is 12.5. The van der Waals surface area contributed by atoms with Gasteiger partial charge in [0.05, 0.1) is 5.69 Å². The number of H-pyrrole nitrogens is 1. The molecule has 1 aromatic heterocycles. The molecule has 0 atom stereocenters. The summed E-state index contributed by atoms with van der Waals surface area (Å²) in [4.78, 5) is 16.1. The maximum Gasteiger partial charge on any atom is 0.295 e. The first kappa shape index (κ1) is 14.0. The van der Waals surface area contributed by atoms with E-state index in [4.69, 9.17) is 11.6 Å². The SMILES string of the molecule is CCCc1nc(C(=O)Nc2cc(Cl)ccc2Br)n[nH]1. The van der Waals surface area contributed by atoms with E-state index in [0.717, 1.165) is 17.3 Å². The van der Waals surface area contributed by atoms with E-state index in [1.807, 2.05) is 6.92 Å². The molecular weight excluding hydrogens is 332 g/mol. The largest absolute Gasteiger partial charge is 0.318 e. The molecular formula is C12H12BrClN4O. The molecule has 2 rings (SSSR count). The molecule has 0 aliphatic rings. The highest BCUT2D eigenvalue weighted by Crippen LogP contribution is 2.26. The molecule has 2 aromatic rings. The van der Waals surface area contributed by atoms with Crippen LogP contribution in [0.25, 0.3) is 0 Å². The number of nitrogens with zero attached hydrogens (tertiary/aromatic N) is 2. The van der Waals surface area contributed by atoms with Crippen LogP contribution in [0.2, 0.25) is 5.02 Å². The fraction of sp³-hybridized carbons (Fsp3) is 0.250. The molecule has 0 radical (unpaired) electrons. The van der Waals surface area contributed by atoms with Gasteiger partial charge in [-0.15, -0.1) is 5.10 Å². The van der Waals surface area contributed by atoms with Crippen LogP contribution >= 0.6 is 27.5 Å². The molecule has 0 fully saturated rings. The molecule has 1 amide bonds. The van der Waals surface area contributed by atoms with Crippen molar-refractivity contribution in [1.29, 1.82) is 0 Å². The Morgan fingerprint density at radius 1 is 1.53 bits per heavy atom. The van der Waals surface area contributed by atoms with Crippen molar-refractivity contribution < 1.29 is 4.79 Å². The lowest BCUT2D eigenvalue weighted by atomic mass is 10.3. The summed E-state index contributed by atoms with van der Waals surface area (Å²) < 4.78 is 0.745. The van der Waals surface area contributed by atoms with Gasteiger partial charge in [-0.05, 0) is 40.5 Å². The fourth-order valence-corrected chi connectivity index (χ4v) is 2.03. The van der Waals surface area contributed by atoms with E-state index < -0.39 is 0 Å². The van der Waals surface area contributed by atoms with Crippen molar-refractivity contribution >= 4 is 39.1 Å². The number of hydrogen-bond acceptors (Lipinski definition) is 3. The summed E-state index contributed by atoms with van der Waals surface area (Å²) in [5.41, 5.74) is 0.583. The minimum atomic E-state index is -0.374. The van der Waals surface area contributed by atoms with Gasteiger partial charge in [0, 0.05) is 15.9 Å². The van der Waals surface area contributed by atoms with E-state index in [1.54, 1.807) is 18.2 Å². The molecule has 100 valence electrons. The topological polar surface area (TPSA) is 70.7 Å². The Morgan fingerprint density at radius 3 is 3.05 bits per heavy atom. The lowest BCUT2D eigenvalue weighted by Crippen LogP contribution is -2.14. The van der Waals surface area contributed by atoms with E-state index in [2.05, 4.69) is 36.4 Å². The molecule has 0 saturated carbocycles. The van der Waals surface area contributed by atoms with Crippen LogP contribution < -0.4 is 5.32 Å². The number of anilines is 1. The van der Waals surface area contributed by atoms with Crippen LogP contribution in [0.1, 0.15) is 29.8 Å². The molecule has 7 heteroatoms. The van der Waals surface area contributed by atoms with Crippen molar-refractivity contribution in [3.8, 4) is 0 Å². The van der Waals surface area contributed by atoms with Gasteiger partial charge >= 0.3 is 0 Å². The Labute approximate surface area is 123 Å². The van der Waals surface area contributed by atoms with Gasteiger partial charge in [0.25, 0.3) is 5.91 Å². The maximum absolute atomic E-state index is 12.0. The molecule has 1 aromatic carbocycles. The Morgan fingerprint density at radius 2 is 2.32 bits per heavy atom. The van der Waals surface area contributed by atoms with Crippen LogP contribution in [-0.4, -0.2) is 21.1 Å². The summed E-state index contributed by atoms with van der Waals surface area (Å²) in [5.74, 6) is 0.453. The van der Waals surface area contributed by atoms with Gasteiger partial charge in [-0.3, -0.25) is 9.89 Å². The van der Waals surface area contributed by atoms with Crippen LogP contribution in [0.4, 0.5) is 5.69 Å². The molecule has 0 bridgehead atoms. The lowest BCUT2D eigenvalue weighted by molar-refractivity contribution is 0.101. The van der Waals surface area contributed by atoms with Gasteiger partial charge in [0.15, 0.2) is 0 Å². The number of amides is 1. The third-order valence-corrected chi connectivity index (χ3v) is 3.32. The summed E-state index contributed by atoms with van der Waals surface area (Å²) in [6, 6.07) is 5.15. The average molecular weight is 344 g/mol. The first-order valence-corrected chi connectivity index (χ1v) is 6.95. The zero-order valence-electron chi connectivity index (χ0n) is 10.2. The molecule has 0 saturated heterocycles. The number of aryl methyl sites for hydroxylation is 1. The van der Waals surface area contributed by atoms with E-state index in [1.165, 1.54) is 0 Å². The molecule has 5 nitrogen and oxygen atoms in total. The lowest BCUT2D eigenvalue weighted by Gasteiger charge is -2.05. The number of rotatable bonds is 4. The van der Waals surface area contributed by atoms with Gasteiger partial charge in [0.2, 0.25) is 5.82 Å². The Balaban J connectivity index is 2.13. The van der Waals surface area contributed by atoms with Gasteiger partial charge in [-0.25, -0.2) is 4.98 Å². The number of halogens is 2. The smallest absolute Gasteiger partial charge is 0.295 e. The minimum Gasteiger partial charge on any atom is -0.318 e. The van der Waals surface area contributed by atoms with Gasteiger partial charge in [-0.1, -0.05) is 18.5 Å². The van der Waals surface area contributed by atoms with Crippen molar-refractivity contribution in [3.05, 3.63) is 39.3 Å². The summed E-state index contributed by atoms with van der Waals surface area (Å²) in [6.45, 7) is 2.03. The predicted molar refractivity (Wildman–Crippen MR) is 77.5 cm³/mol. The molecule has 0 spiro atoms. The molecule has 0 unspecified atom stereocenters. The Bertz CT molecular complexity index is 599. The van der Waals surface area contributed by atoms with Crippen LogP contribution in [0, 0.1) is 0 Å². The standard InChI is InChI=1S/C12H12BrClN4O/c1-2-3-10-16-11(18-17-10)12(19)15-9-6-7(14)4-5-8(9)13/h4-6H,2-3H2,1H3,(H,15,19)(H,16,17,18). The average Bonchev–Trinajstić information content (AvgIpc) is 2.83. The van der Waals surface area contributed by atoms with E-state index >= 15 is 0 Å². The van der Waals surface area contributed by atoms with Crippen molar-refractivity contribution in [2.45, 2.75) is 19.8 Å². The summed E-state index contributed by atoms with van der Waals surface area (Å²) in [7, 11) is 0. The predicted octanol–water partition coefficient (Wildman–Crippen LogP) is 3.43. The Kier molecular flexibility index (Phi) is 4.55. The fourth-order valence-electron chi connectivity index (χ4n) is 1.52. The number of aromatic amines is 1. The van der Waals surface area contributed by atoms with E-state index in [0.29, 0.717) is 16.5 Å². The molecule has 0 aliphatic carbocycles. The van der Waals surface area contributed by atoms with Crippen LogP contribution in [0.15, 0.2) is 22.7 Å². The number of benzene rings is 1. The zero-order chi connectivity index (χ0) is 13.8. The molecule has 19 heavy (non-hydrogen) atoms. The molecule has 1 heterocycles. The number of nitrogens with one attached hydrogen (secondary N) is 2. The molecule has 2 N–H and O–H groups in total. The summed E-state index contributed by atoms with van der Waals surface area (Å²) in [6.07, 6.45) is 1.71. The summed E-state index contributed by atoms with van der Waals surface area (Å²) >= 11 is 9.22. The highest BCUT2D eigenvalue weighted by atomic mass is 79.9. The van der Waals surface area contributed by atoms with Gasteiger partial charge in [-0.2, -0.15) is 0 Å². The summed E-state index contributed by atoms with van der Waals surface area (Å²) in [5, 5.41) is 9.88. The third-order valence-electron chi connectivity index (χ3n) is 2.40. The highest BCUT2D eigenvalue weighted by molar-refractivity contribution is 9.10. The highest BCUT2D eigenvalue weighted by Gasteiger charge is 2.13. The van der Waals surface area contributed by atoms with Crippen LogP contribution in [0.3, 0.4) is 0 Å². The Hall–Kier alpha value is -1.40. The number of carbonyl (C=O) groups is 1. The van der Waals surface area contributed by atoms with Crippen molar-refractivity contribution in [2.75, 3.05) is 5.32 Å². The van der Waals surface area contributed by atoms with Gasteiger partial charge in [0.1, 0.15) is 5.82 Å². The first-order valence-electron chi connectivity index (χ1n) is 5.78. The number of carbonyl (C=O) groups excluding carboxylic acids is 1. The van der Waals surface area contributed by atoms with Crippen LogP contribution in [-0.2, 0) is 6.42 Å². The molecule has 0 aliphatic heterocycles. The number of aromatic nitrogens is 3. The van der Waals surface area contributed by atoms with Crippen molar-refractivity contribution in [1.82, 2.24) is 15.2 Å². The third kappa shape index (κ3) is 3.54. The van der Waals surface area contributed by atoms with Gasteiger partial charge < -0.3 is 5.32 Å². The van der Waals surface area contributed by atoms with E-state index in [-0.39, 0.29) is 11.7 Å². The first-order chi connectivity index (χ1) is 9.10. The second-order valence-corrected chi connectivity index (χ2v) is 5.22. The monoisotopic (exact) mass is 342 g/mol. The normalized spacial score (nSPS) is 10.5. The van der Waals surface area contributed by atoms with Crippen molar-refractivity contribution in [2.24, 2.45) is 0 Å². The minimum absolute atomic E-state index is 0.121. The number of hydrogen-bond donors (Lipinski definition) is 2. The van der Waals surface area contributed by atoms with E-state index in [9.17, 15) is 4.79 Å².